The molecule has 1 amide bonds. The first-order chi connectivity index (χ1) is 10.5. The Bertz CT molecular complexity index is 564. The van der Waals surface area contributed by atoms with Crippen LogP contribution in [0.4, 0.5) is 14.5 Å². The van der Waals surface area contributed by atoms with Crippen molar-refractivity contribution in [1.82, 2.24) is 10.6 Å². The van der Waals surface area contributed by atoms with Gasteiger partial charge in [0.05, 0.1) is 12.6 Å². The van der Waals surface area contributed by atoms with E-state index in [2.05, 4.69) is 34.6 Å². The molecule has 22 heavy (non-hydrogen) atoms. The van der Waals surface area contributed by atoms with Crippen LogP contribution in [0.2, 0.25) is 0 Å². The first kappa shape index (κ1) is 15.2. The van der Waals surface area contributed by atoms with Gasteiger partial charge in [-0.2, -0.15) is 0 Å². The Hall–Kier alpha value is -1.69. The SMILES string of the molecule is CC1Cc2ccccc2N1CCNC(=O)C1CC(F)(F)CN1. The second-order valence-corrected chi connectivity index (χ2v) is 6.16. The van der Waals surface area contributed by atoms with Gasteiger partial charge >= 0.3 is 0 Å². The lowest BCUT2D eigenvalue weighted by Crippen LogP contribution is -2.44. The van der Waals surface area contributed by atoms with Crippen molar-refractivity contribution < 1.29 is 13.6 Å². The van der Waals surface area contributed by atoms with E-state index in [0.717, 1.165) is 6.42 Å². The Morgan fingerprint density at radius 3 is 2.95 bits per heavy atom. The molecule has 2 heterocycles. The van der Waals surface area contributed by atoms with E-state index in [4.69, 9.17) is 0 Å². The Labute approximate surface area is 128 Å². The lowest BCUT2D eigenvalue weighted by molar-refractivity contribution is -0.123. The van der Waals surface area contributed by atoms with Crippen molar-refractivity contribution in [1.29, 1.82) is 0 Å². The number of amides is 1. The summed E-state index contributed by atoms with van der Waals surface area (Å²) < 4.78 is 26.2. The van der Waals surface area contributed by atoms with Gasteiger partial charge in [0.15, 0.2) is 0 Å². The zero-order chi connectivity index (χ0) is 15.7. The summed E-state index contributed by atoms with van der Waals surface area (Å²) in [7, 11) is 0. The van der Waals surface area contributed by atoms with Gasteiger partial charge < -0.3 is 10.2 Å². The monoisotopic (exact) mass is 309 g/mol. The molecule has 0 aromatic heterocycles. The molecule has 0 bridgehead atoms. The molecule has 1 fully saturated rings. The second-order valence-electron chi connectivity index (χ2n) is 6.16. The lowest BCUT2D eigenvalue weighted by atomic mass is 10.1. The Kier molecular flexibility index (Phi) is 4.04. The number of rotatable bonds is 4. The van der Waals surface area contributed by atoms with Crippen molar-refractivity contribution in [2.75, 3.05) is 24.5 Å². The van der Waals surface area contributed by atoms with E-state index in [9.17, 15) is 13.6 Å². The molecule has 2 unspecified atom stereocenters. The maximum absolute atomic E-state index is 13.1. The van der Waals surface area contributed by atoms with Gasteiger partial charge in [-0.25, -0.2) is 8.78 Å². The highest BCUT2D eigenvalue weighted by Gasteiger charge is 2.42. The standard InChI is InChI=1S/C16H21F2N3O/c1-11-8-12-4-2-3-5-14(12)21(11)7-6-19-15(22)13-9-16(17,18)10-20-13/h2-5,11,13,20H,6-10H2,1H3,(H,19,22). The van der Waals surface area contributed by atoms with Crippen LogP contribution < -0.4 is 15.5 Å². The van der Waals surface area contributed by atoms with Crippen molar-refractivity contribution in [3.63, 3.8) is 0 Å². The highest BCUT2D eigenvalue weighted by molar-refractivity contribution is 5.82. The minimum Gasteiger partial charge on any atom is -0.367 e. The predicted molar refractivity (Wildman–Crippen MR) is 81.3 cm³/mol. The number of alkyl halides is 2. The van der Waals surface area contributed by atoms with E-state index in [-0.39, 0.29) is 5.91 Å². The van der Waals surface area contributed by atoms with E-state index in [1.54, 1.807) is 0 Å². The molecule has 2 aliphatic heterocycles. The highest BCUT2D eigenvalue weighted by atomic mass is 19.3. The fourth-order valence-electron chi connectivity index (χ4n) is 3.29. The smallest absolute Gasteiger partial charge is 0.262 e. The van der Waals surface area contributed by atoms with Crippen LogP contribution in [0.1, 0.15) is 18.9 Å². The number of anilines is 1. The van der Waals surface area contributed by atoms with Gasteiger partial charge in [-0.3, -0.25) is 10.1 Å². The zero-order valence-electron chi connectivity index (χ0n) is 12.6. The third-order valence-electron chi connectivity index (χ3n) is 4.43. The van der Waals surface area contributed by atoms with Crippen molar-refractivity contribution in [2.45, 2.75) is 37.8 Å². The second kappa shape index (κ2) is 5.83. The van der Waals surface area contributed by atoms with E-state index in [0.29, 0.717) is 19.1 Å². The van der Waals surface area contributed by atoms with Crippen LogP contribution >= 0.6 is 0 Å². The molecule has 3 rings (SSSR count). The molecular weight excluding hydrogens is 288 g/mol. The molecule has 2 N–H and O–H groups in total. The average Bonchev–Trinajstić information content (AvgIpc) is 2.99. The van der Waals surface area contributed by atoms with Crippen LogP contribution in [0.3, 0.4) is 0 Å². The molecule has 0 saturated carbocycles. The summed E-state index contributed by atoms with van der Waals surface area (Å²) in [6, 6.07) is 7.85. The van der Waals surface area contributed by atoms with Crippen molar-refractivity contribution >= 4 is 11.6 Å². The summed E-state index contributed by atoms with van der Waals surface area (Å²) in [4.78, 5) is 14.2. The van der Waals surface area contributed by atoms with Gasteiger partial charge in [0.25, 0.3) is 5.92 Å². The summed E-state index contributed by atoms with van der Waals surface area (Å²) in [5.41, 5.74) is 2.52. The number of hydrogen-bond donors (Lipinski definition) is 2. The number of fused-ring (bicyclic) bond motifs is 1. The van der Waals surface area contributed by atoms with Gasteiger partial charge in [0, 0.05) is 31.2 Å². The zero-order valence-corrected chi connectivity index (χ0v) is 12.6. The van der Waals surface area contributed by atoms with Crippen LogP contribution in [0.15, 0.2) is 24.3 Å². The molecule has 1 aromatic rings. The Balaban J connectivity index is 1.50. The highest BCUT2D eigenvalue weighted by Crippen LogP contribution is 2.31. The summed E-state index contributed by atoms with van der Waals surface area (Å²) >= 11 is 0. The molecule has 120 valence electrons. The van der Waals surface area contributed by atoms with Crippen molar-refractivity contribution in [2.24, 2.45) is 0 Å². The van der Waals surface area contributed by atoms with Crippen molar-refractivity contribution in [3.8, 4) is 0 Å². The minimum absolute atomic E-state index is 0.336. The van der Waals surface area contributed by atoms with Crippen LogP contribution in [0.5, 0.6) is 0 Å². The minimum atomic E-state index is -2.77. The quantitative estimate of drug-likeness (QED) is 0.887. The van der Waals surface area contributed by atoms with Gasteiger partial charge in [-0.15, -0.1) is 0 Å². The van der Waals surface area contributed by atoms with Crippen LogP contribution in [-0.2, 0) is 11.2 Å². The first-order valence-corrected chi connectivity index (χ1v) is 7.70. The lowest BCUT2D eigenvalue weighted by Gasteiger charge is -2.25. The molecule has 0 spiro atoms. The number of nitrogens with one attached hydrogen (secondary N) is 2. The van der Waals surface area contributed by atoms with E-state index in [1.165, 1.54) is 11.3 Å². The number of halogens is 2. The molecule has 0 aliphatic carbocycles. The van der Waals surface area contributed by atoms with E-state index < -0.39 is 24.9 Å². The van der Waals surface area contributed by atoms with Gasteiger partial charge in [0.2, 0.25) is 5.91 Å². The van der Waals surface area contributed by atoms with Crippen LogP contribution in [-0.4, -0.2) is 43.5 Å². The summed E-state index contributed by atoms with van der Waals surface area (Å²) in [6.45, 7) is 2.89. The van der Waals surface area contributed by atoms with Crippen LogP contribution in [0.25, 0.3) is 0 Å². The molecule has 4 nitrogen and oxygen atoms in total. The van der Waals surface area contributed by atoms with Crippen LogP contribution in [0, 0.1) is 0 Å². The maximum atomic E-state index is 13.1. The normalized spacial score (nSPS) is 26.0. The summed E-state index contributed by atoms with van der Waals surface area (Å²) in [5.74, 6) is -3.11. The summed E-state index contributed by atoms with van der Waals surface area (Å²) in [6.07, 6.45) is 0.586. The maximum Gasteiger partial charge on any atom is 0.262 e. The largest absolute Gasteiger partial charge is 0.367 e. The predicted octanol–water partition coefficient (Wildman–Crippen LogP) is 1.55. The van der Waals surface area contributed by atoms with E-state index >= 15 is 0 Å². The number of carbonyl (C=O) groups is 1. The molecule has 0 radical (unpaired) electrons. The topological polar surface area (TPSA) is 44.4 Å². The summed E-state index contributed by atoms with van der Waals surface area (Å²) in [5, 5.41) is 5.34. The third kappa shape index (κ3) is 3.06. The number of para-hydroxylation sites is 1. The Morgan fingerprint density at radius 2 is 2.23 bits per heavy atom. The van der Waals surface area contributed by atoms with Crippen molar-refractivity contribution in [3.05, 3.63) is 29.8 Å². The molecular formula is C16H21F2N3O. The molecule has 1 aromatic carbocycles. The van der Waals surface area contributed by atoms with Gasteiger partial charge in [-0.1, -0.05) is 18.2 Å². The molecule has 2 aliphatic rings. The number of nitrogens with zero attached hydrogens (tertiary/aromatic N) is 1. The van der Waals surface area contributed by atoms with Gasteiger partial charge in [-0.05, 0) is 25.0 Å². The Morgan fingerprint density at radius 1 is 1.45 bits per heavy atom. The number of carbonyl (C=O) groups excluding carboxylic acids is 1. The average molecular weight is 309 g/mol. The number of hydrogen-bond acceptors (Lipinski definition) is 3. The van der Waals surface area contributed by atoms with Gasteiger partial charge in [0.1, 0.15) is 0 Å². The van der Waals surface area contributed by atoms with E-state index in [1.807, 2.05) is 12.1 Å². The molecule has 6 heteroatoms. The molecule has 2 atom stereocenters. The number of benzene rings is 1. The molecule has 1 saturated heterocycles. The third-order valence-corrected chi connectivity index (χ3v) is 4.43. The fraction of sp³-hybridized carbons (Fsp3) is 0.562. The first-order valence-electron chi connectivity index (χ1n) is 7.70. The fourth-order valence-corrected chi connectivity index (χ4v) is 3.29.